The Balaban J connectivity index is 1.15. The lowest BCUT2D eigenvalue weighted by Crippen LogP contribution is -2.53. The van der Waals surface area contributed by atoms with Crippen LogP contribution in [-0.2, 0) is 4.74 Å². The third-order valence-electron chi connectivity index (χ3n) is 8.02. The van der Waals surface area contributed by atoms with E-state index in [4.69, 9.17) is 4.74 Å². The Morgan fingerprint density at radius 1 is 1.07 bits per heavy atom. The highest BCUT2D eigenvalue weighted by Crippen LogP contribution is 2.34. The van der Waals surface area contributed by atoms with Crippen molar-refractivity contribution in [3.8, 4) is 0 Å². The molecular formula is C31H38FN7O3. The number of anilines is 2. The van der Waals surface area contributed by atoms with Crippen molar-refractivity contribution in [1.29, 1.82) is 0 Å². The molecule has 2 aliphatic rings. The summed E-state index contributed by atoms with van der Waals surface area (Å²) in [5.74, 6) is -0.807. The van der Waals surface area contributed by atoms with E-state index < -0.39 is 11.4 Å². The molecule has 2 N–H and O–H groups in total. The highest BCUT2D eigenvalue weighted by molar-refractivity contribution is 6.14. The molecule has 0 spiro atoms. The lowest BCUT2D eigenvalue weighted by Gasteiger charge is -2.38. The second-order valence-corrected chi connectivity index (χ2v) is 12.4. The Morgan fingerprint density at radius 2 is 1.83 bits per heavy atom. The largest absolute Gasteiger partial charge is 0.444 e. The number of aryl methyl sites for hydroxylation is 2. The number of ether oxygens (including phenoxy) is 1. The molecule has 42 heavy (non-hydrogen) atoms. The highest BCUT2D eigenvalue weighted by atomic mass is 19.1. The Labute approximate surface area is 244 Å². The zero-order chi connectivity index (χ0) is 29.8. The number of rotatable bonds is 4. The summed E-state index contributed by atoms with van der Waals surface area (Å²) in [5, 5.41) is 3.85. The van der Waals surface area contributed by atoms with Gasteiger partial charge < -0.3 is 29.2 Å². The summed E-state index contributed by atoms with van der Waals surface area (Å²) < 4.78 is 21.7. The summed E-state index contributed by atoms with van der Waals surface area (Å²) in [6, 6.07) is 7.61. The van der Waals surface area contributed by atoms with E-state index in [-0.39, 0.29) is 17.6 Å². The summed E-state index contributed by atoms with van der Waals surface area (Å²) in [4.78, 5) is 40.1. The van der Waals surface area contributed by atoms with Crippen LogP contribution in [0.1, 0.15) is 48.9 Å². The van der Waals surface area contributed by atoms with E-state index in [1.54, 1.807) is 28.6 Å². The number of aromatic nitrogens is 3. The molecule has 3 aromatic heterocycles. The first-order chi connectivity index (χ1) is 19.9. The number of carbonyl (C=O) groups excluding carboxylic acids is 2. The van der Waals surface area contributed by atoms with Gasteiger partial charge in [0, 0.05) is 80.5 Å². The van der Waals surface area contributed by atoms with Crippen LogP contribution in [-0.4, -0.2) is 87.1 Å². The number of aromatic amines is 1. The quantitative estimate of drug-likeness (QED) is 0.357. The maximum atomic E-state index is 14.6. The van der Waals surface area contributed by atoms with E-state index in [2.05, 4.69) is 31.2 Å². The molecule has 1 aromatic carbocycles. The summed E-state index contributed by atoms with van der Waals surface area (Å²) in [6.45, 7) is 14.2. The average molecular weight is 576 g/mol. The molecule has 2 saturated heterocycles. The van der Waals surface area contributed by atoms with E-state index in [0.717, 1.165) is 54.9 Å². The van der Waals surface area contributed by atoms with Crippen LogP contribution in [0.15, 0.2) is 36.7 Å². The van der Waals surface area contributed by atoms with Gasteiger partial charge in [0.1, 0.15) is 5.60 Å². The second kappa shape index (κ2) is 10.6. The van der Waals surface area contributed by atoms with Crippen LogP contribution in [0.4, 0.5) is 20.6 Å². The number of hydrogen-bond donors (Lipinski definition) is 2. The van der Waals surface area contributed by atoms with Crippen molar-refractivity contribution in [3.05, 3.63) is 59.4 Å². The smallest absolute Gasteiger partial charge is 0.410 e. The topological polar surface area (TPSA) is 98.2 Å². The van der Waals surface area contributed by atoms with Crippen LogP contribution in [0.25, 0.3) is 16.6 Å². The number of pyridine rings is 1. The van der Waals surface area contributed by atoms with Crippen LogP contribution in [0.5, 0.6) is 0 Å². The van der Waals surface area contributed by atoms with E-state index in [1.807, 2.05) is 39.8 Å². The van der Waals surface area contributed by atoms with E-state index in [9.17, 15) is 14.0 Å². The Bertz CT molecular complexity index is 1660. The van der Waals surface area contributed by atoms with Gasteiger partial charge in [0.2, 0.25) is 0 Å². The molecule has 0 saturated carbocycles. The third kappa shape index (κ3) is 5.53. The first-order valence-electron chi connectivity index (χ1n) is 14.5. The predicted molar refractivity (Wildman–Crippen MR) is 161 cm³/mol. The second-order valence-electron chi connectivity index (χ2n) is 12.4. The average Bonchev–Trinajstić information content (AvgIpc) is 3.65. The first kappa shape index (κ1) is 28.0. The van der Waals surface area contributed by atoms with Crippen molar-refractivity contribution in [1.82, 2.24) is 24.2 Å². The zero-order valence-electron chi connectivity index (χ0n) is 24.8. The fourth-order valence-electron chi connectivity index (χ4n) is 6.11. The van der Waals surface area contributed by atoms with Crippen molar-refractivity contribution in [2.75, 3.05) is 49.5 Å². The maximum absolute atomic E-state index is 14.6. The molecule has 2 fully saturated rings. The molecule has 11 heteroatoms. The number of fused-ring (bicyclic) bond motifs is 2. The zero-order valence-corrected chi connectivity index (χ0v) is 24.8. The van der Waals surface area contributed by atoms with Crippen LogP contribution in [0, 0.1) is 19.7 Å². The lowest BCUT2D eigenvalue weighted by atomic mass is 10.1. The van der Waals surface area contributed by atoms with Crippen LogP contribution >= 0.6 is 0 Å². The number of carbonyl (C=O) groups is 2. The molecule has 0 aliphatic carbocycles. The predicted octanol–water partition coefficient (Wildman–Crippen LogP) is 4.96. The number of halogens is 1. The molecule has 6 rings (SSSR count). The SMILES string of the molecule is Cc1cn2cc(NC(=O)c3ccc(N4CC[C@@H](N5CCN(C(=O)OC(C)(C)C)CC5)C4)c4cc(C)[nH]c34)cc(F)c2n1. The Kier molecular flexibility index (Phi) is 7.08. The van der Waals surface area contributed by atoms with Crippen molar-refractivity contribution in [3.63, 3.8) is 0 Å². The van der Waals surface area contributed by atoms with E-state index in [0.29, 0.717) is 36.1 Å². The molecule has 0 radical (unpaired) electrons. The monoisotopic (exact) mass is 575 g/mol. The molecule has 1 atom stereocenters. The van der Waals surface area contributed by atoms with Crippen molar-refractivity contribution >= 4 is 39.9 Å². The number of hydrogen-bond acceptors (Lipinski definition) is 6. The number of benzene rings is 1. The lowest BCUT2D eigenvalue weighted by molar-refractivity contribution is 0.0112. The van der Waals surface area contributed by atoms with Gasteiger partial charge in [-0.2, -0.15) is 0 Å². The normalized spacial score (nSPS) is 18.3. The highest BCUT2D eigenvalue weighted by Gasteiger charge is 2.33. The number of piperazine rings is 1. The van der Waals surface area contributed by atoms with Crippen LogP contribution in [0.2, 0.25) is 0 Å². The van der Waals surface area contributed by atoms with E-state index >= 15 is 0 Å². The molecular weight excluding hydrogens is 537 g/mol. The van der Waals surface area contributed by atoms with Gasteiger partial charge >= 0.3 is 6.09 Å². The Hall–Kier alpha value is -4.12. The molecule has 0 unspecified atom stereocenters. The molecule has 4 aromatic rings. The van der Waals surface area contributed by atoms with Gasteiger partial charge in [-0.15, -0.1) is 0 Å². The van der Waals surface area contributed by atoms with E-state index in [1.165, 1.54) is 6.07 Å². The van der Waals surface area contributed by atoms with Crippen LogP contribution < -0.4 is 10.2 Å². The summed E-state index contributed by atoms with van der Waals surface area (Å²) in [6.07, 6.45) is 4.17. The molecule has 10 nitrogen and oxygen atoms in total. The van der Waals surface area contributed by atoms with Gasteiger partial charge in [0.15, 0.2) is 11.5 Å². The third-order valence-corrected chi connectivity index (χ3v) is 8.02. The van der Waals surface area contributed by atoms with Gasteiger partial charge in [0.05, 0.1) is 22.5 Å². The standard InChI is InChI=1S/C31H38FN7O3/c1-19-14-24-26(38-9-8-22(18-38)36-10-12-37(13-11-36)30(41)42-31(3,4)5)7-6-23(27(24)33-19)29(40)35-21-15-25(32)28-34-20(2)16-39(28)17-21/h6-7,14-17,22,33H,8-13,18H2,1-5H3,(H,35,40)/t22-/m1/s1. The van der Waals surface area contributed by atoms with Crippen molar-refractivity contribution in [2.24, 2.45) is 0 Å². The van der Waals surface area contributed by atoms with Gasteiger partial charge in [-0.25, -0.2) is 14.2 Å². The summed E-state index contributed by atoms with van der Waals surface area (Å²) in [5.41, 5.74) is 4.09. The van der Waals surface area contributed by atoms with Crippen molar-refractivity contribution < 1.29 is 18.7 Å². The number of H-pyrrole nitrogens is 1. The number of imidazole rings is 1. The molecule has 0 bridgehead atoms. The first-order valence-corrected chi connectivity index (χ1v) is 14.5. The van der Waals surface area contributed by atoms with Gasteiger partial charge in [-0.1, -0.05) is 0 Å². The fraction of sp³-hybridized carbons (Fsp3) is 0.452. The van der Waals surface area contributed by atoms with Gasteiger partial charge in [0.25, 0.3) is 5.91 Å². The molecule has 222 valence electrons. The molecule has 5 heterocycles. The number of amides is 2. The number of nitrogens with zero attached hydrogens (tertiary/aromatic N) is 5. The summed E-state index contributed by atoms with van der Waals surface area (Å²) in [7, 11) is 0. The minimum absolute atomic E-state index is 0.228. The van der Waals surface area contributed by atoms with Gasteiger partial charge in [-0.3, -0.25) is 9.69 Å². The molecule has 2 aliphatic heterocycles. The van der Waals surface area contributed by atoms with Gasteiger partial charge in [-0.05, 0) is 59.2 Å². The minimum atomic E-state index is -0.496. The number of nitrogens with one attached hydrogen (secondary N) is 2. The maximum Gasteiger partial charge on any atom is 0.410 e. The minimum Gasteiger partial charge on any atom is -0.444 e. The fourth-order valence-corrected chi connectivity index (χ4v) is 6.11. The molecule has 2 amide bonds. The van der Waals surface area contributed by atoms with Crippen molar-refractivity contribution in [2.45, 2.75) is 52.7 Å². The van der Waals surface area contributed by atoms with Crippen LogP contribution in [0.3, 0.4) is 0 Å². The summed E-state index contributed by atoms with van der Waals surface area (Å²) >= 11 is 0. The Morgan fingerprint density at radius 3 is 2.57 bits per heavy atom.